The van der Waals surface area contributed by atoms with Gasteiger partial charge in [0.05, 0.1) is 6.10 Å². The minimum atomic E-state index is -0.0870. The molecule has 30 heavy (non-hydrogen) atoms. The Balaban J connectivity index is 1.52. The molecule has 9 atom stereocenters. The van der Waals surface area contributed by atoms with E-state index in [1.165, 1.54) is 44.9 Å². The fraction of sp³-hybridized carbons (Fsp3) is 0.862. The predicted molar refractivity (Wildman–Crippen MR) is 128 cm³/mol. The van der Waals surface area contributed by atoms with Gasteiger partial charge in [0.1, 0.15) is 0 Å². The minimum absolute atomic E-state index is 0.0870. The van der Waals surface area contributed by atoms with Crippen molar-refractivity contribution in [1.29, 1.82) is 0 Å². The standard InChI is InChI=1S/C29H48O/c1-7-21(19(2)3)9-8-20(4)25-12-13-26-24-11-10-22-18-23(30)14-16-28(22,5)27(24)15-17-29(25,26)6/h8-10,19-21,23-27,30H,7,11-18H2,1-6H3/b9-8+/t20-,21?,23+,24?,25-,26?,27?,28+,29-/m1/s1. The van der Waals surface area contributed by atoms with E-state index in [4.69, 9.17) is 0 Å². The lowest BCUT2D eigenvalue weighted by Crippen LogP contribution is -2.50. The molecule has 4 unspecified atom stereocenters. The van der Waals surface area contributed by atoms with Crippen LogP contribution in [0.15, 0.2) is 23.8 Å². The summed E-state index contributed by atoms with van der Waals surface area (Å²) in [6, 6.07) is 0. The van der Waals surface area contributed by atoms with E-state index >= 15 is 0 Å². The van der Waals surface area contributed by atoms with Gasteiger partial charge >= 0.3 is 0 Å². The Morgan fingerprint density at radius 3 is 2.50 bits per heavy atom. The Morgan fingerprint density at radius 1 is 1.03 bits per heavy atom. The molecule has 4 rings (SSSR count). The lowest BCUT2D eigenvalue weighted by atomic mass is 9.47. The van der Waals surface area contributed by atoms with Gasteiger partial charge in [0.25, 0.3) is 0 Å². The molecule has 0 heterocycles. The minimum Gasteiger partial charge on any atom is -0.393 e. The van der Waals surface area contributed by atoms with Crippen LogP contribution in [0, 0.1) is 52.3 Å². The van der Waals surface area contributed by atoms with Gasteiger partial charge < -0.3 is 5.11 Å². The zero-order valence-electron chi connectivity index (χ0n) is 20.7. The van der Waals surface area contributed by atoms with Gasteiger partial charge in [0.15, 0.2) is 0 Å². The number of fused-ring (bicyclic) bond motifs is 5. The molecule has 0 bridgehead atoms. The third kappa shape index (κ3) is 3.66. The highest BCUT2D eigenvalue weighted by molar-refractivity contribution is 5.25. The number of hydrogen-bond acceptors (Lipinski definition) is 1. The van der Waals surface area contributed by atoms with Crippen molar-refractivity contribution in [3.63, 3.8) is 0 Å². The maximum atomic E-state index is 10.2. The Kier molecular flexibility index (Phi) is 6.35. The van der Waals surface area contributed by atoms with Gasteiger partial charge in [-0.25, -0.2) is 0 Å². The van der Waals surface area contributed by atoms with E-state index in [0.717, 1.165) is 48.3 Å². The summed E-state index contributed by atoms with van der Waals surface area (Å²) < 4.78 is 0. The zero-order chi connectivity index (χ0) is 21.7. The molecule has 3 saturated carbocycles. The first-order valence-corrected chi connectivity index (χ1v) is 13.3. The van der Waals surface area contributed by atoms with Gasteiger partial charge in [-0.1, -0.05) is 65.3 Å². The van der Waals surface area contributed by atoms with Crippen LogP contribution >= 0.6 is 0 Å². The van der Waals surface area contributed by atoms with E-state index < -0.39 is 0 Å². The summed E-state index contributed by atoms with van der Waals surface area (Å²) in [5.41, 5.74) is 2.51. The van der Waals surface area contributed by atoms with E-state index in [0.29, 0.717) is 16.7 Å². The summed E-state index contributed by atoms with van der Waals surface area (Å²) in [6.45, 7) is 14.8. The van der Waals surface area contributed by atoms with Crippen molar-refractivity contribution in [3.8, 4) is 0 Å². The van der Waals surface area contributed by atoms with Crippen molar-refractivity contribution < 1.29 is 5.11 Å². The fourth-order valence-corrected chi connectivity index (χ4v) is 8.83. The van der Waals surface area contributed by atoms with Crippen LogP contribution in [0.25, 0.3) is 0 Å². The Morgan fingerprint density at radius 2 is 1.80 bits per heavy atom. The molecule has 0 saturated heterocycles. The van der Waals surface area contributed by atoms with E-state index in [9.17, 15) is 5.11 Å². The molecular formula is C29H48O. The lowest BCUT2D eigenvalue weighted by Gasteiger charge is -2.58. The summed E-state index contributed by atoms with van der Waals surface area (Å²) in [6.07, 6.45) is 19.1. The first kappa shape index (κ1) is 22.6. The van der Waals surface area contributed by atoms with E-state index in [1.54, 1.807) is 5.57 Å². The van der Waals surface area contributed by atoms with Crippen LogP contribution in [0.5, 0.6) is 0 Å². The highest BCUT2D eigenvalue weighted by Crippen LogP contribution is 2.67. The van der Waals surface area contributed by atoms with Crippen LogP contribution in [0.1, 0.15) is 99.3 Å². The number of rotatable bonds is 5. The third-order valence-electron chi connectivity index (χ3n) is 10.8. The van der Waals surface area contributed by atoms with Crippen molar-refractivity contribution in [1.82, 2.24) is 0 Å². The molecule has 0 spiro atoms. The van der Waals surface area contributed by atoms with Crippen LogP contribution in [-0.2, 0) is 0 Å². The first-order chi connectivity index (χ1) is 14.2. The predicted octanol–water partition coefficient (Wildman–Crippen LogP) is 7.80. The van der Waals surface area contributed by atoms with Gasteiger partial charge in [-0.15, -0.1) is 0 Å². The van der Waals surface area contributed by atoms with Gasteiger partial charge in [-0.3, -0.25) is 0 Å². The molecule has 0 aromatic carbocycles. The highest BCUT2D eigenvalue weighted by atomic mass is 16.3. The van der Waals surface area contributed by atoms with Crippen molar-refractivity contribution in [2.24, 2.45) is 52.3 Å². The molecule has 3 fully saturated rings. The van der Waals surface area contributed by atoms with Crippen LogP contribution in [0.2, 0.25) is 0 Å². The Hall–Kier alpha value is -0.560. The van der Waals surface area contributed by atoms with Gasteiger partial charge in [-0.05, 0) is 110 Å². The number of hydrogen-bond donors (Lipinski definition) is 1. The first-order valence-electron chi connectivity index (χ1n) is 13.3. The highest BCUT2D eigenvalue weighted by Gasteiger charge is 2.58. The molecule has 4 aliphatic rings. The molecule has 1 heteroatoms. The van der Waals surface area contributed by atoms with Crippen molar-refractivity contribution in [3.05, 3.63) is 23.8 Å². The molecular weight excluding hydrogens is 364 g/mol. The van der Waals surface area contributed by atoms with Crippen molar-refractivity contribution in [2.75, 3.05) is 0 Å². The molecule has 0 aromatic heterocycles. The van der Waals surface area contributed by atoms with Gasteiger partial charge in [0.2, 0.25) is 0 Å². The number of allylic oxidation sites excluding steroid dienone is 3. The largest absolute Gasteiger partial charge is 0.393 e. The summed E-state index contributed by atoms with van der Waals surface area (Å²) in [7, 11) is 0. The molecule has 0 aromatic rings. The second kappa shape index (κ2) is 8.42. The maximum Gasteiger partial charge on any atom is 0.0577 e. The molecule has 0 amide bonds. The summed E-state index contributed by atoms with van der Waals surface area (Å²) in [5.74, 6) is 5.70. The number of aliphatic hydroxyl groups is 1. The summed E-state index contributed by atoms with van der Waals surface area (Å²) in [5, 5.41) is 10.2. The third-order valence-corrected chi connectivity index (χ3v) is 10.8. The molecule has 0 radical (unpaired) electrons. The van der Waals surface area contributed by atoms with Crippen molar-refractivity contribution >= 4 is 0 Å². The van der Waals surface area contributed by atoms with E-state index in [1.807, 2.05) is 0 Å². The topological polar surface area (TPSA) is 20.2 Å². The van der Waals surface area contributed by atoms with E-state index in [-0.39, 0.29) is 6.10 Å². The monoisotopic (exact) mass is 412 g/mol. The molecule has 0 aliphatic heterocycles. The molecule has 1 nitrogen and oxygen atoms in total. The summed E-state index contributed by atoms with van der Waals surface area (Å²) in [4.78, 5) is 0. The average molecular weight is 413 g/mol. The molecule has 170 valence electrons. The quantitative estimate of drug-likeness (QED) is 0.457. The maximum absolute atomic E-state index is 10.2. The lowest BCUT2D eigenvalue weighted by molar-refractivity contribution is -0.0540. The molecule has 1 N–H and O–H groups in total. The Labute approximate surface area is 186 Å². The van der Waals surface area contributed by atoms with Crippen molar-refractivity contribution in [2.45, 2.75) is 105 Å². The van der Waals surface area contributed by atoms with Crippen LogP contribution in [-0.4, -0.2) is 11.2 Å². The summed E-state index contributed by atoms with van der Waals surface area (Å²) >= 11 is 0. The normalized spacial score (nSPS) is 45.6. The SMILES string of the molecule is CCC(/C=C/[C@@H](C)[C@H]1CCC2C3CC=C4C[C@@H](O)CC[C@]4(C)C3CC[C@@]21C)C(C)C. The van der Waals surface area contributed by atoms with Crippen LogP contribution < -0.4 is 0 Å². The van der Waals surface area contributed by atoms with Crippen LogP contribution in [0.4, 0.5) is 0 Å². The van der Waals surface area contributed by atoms with Crippen LogP contribution in [0.3, 0.4) is 0 Å². The van der Waals surface area contributed by atoms with Gasteiger partial charge in [0, 0.05) is 0 Å². The number of aliphatic hydroxyl groups excluding tert-OH is 1. The second-order valence-corrected chi connectivity index (χ2v) is 12.4. The molecule has 4 aliphatic carbocycles. The second-order valence-electron chi connectivity index (χ2n) is 12.4. The van der Waals surface area contributed by atoms with Gasteiger partial charge in [-0.2, -0.15) is 0 Å². The smallest absolute Gasteiger partial charge is 0.0577 e. The average Bonchev–Trinajstić information content (AvgIpc) is 3.06. The van der Waals surface area contributed by atoms with E-state index in [2.05, 4.69) is 59.8 Å². The Bertz CT molecular complexity index is 674. The zero-order valence-corrected chi connectivity index (χ0v) is 20.7. The fourth-order valence-electron chi connectivity index (χ4n) is 8.83.